The summed E-state index contributed by atoms with van der Waals surface area (Å²) in [6.07, 6.45) is 0. The van der Waals surface area contributed by atoms with Crippen LogP contribution in [0.4, 0.5) is 0 Å². The lowest BCUT2D eigenvalue weighted by Gasteiger charge is -2.13. The van der Waals surface area contributed by atoms with Gasteiger partial charge in [-0.3, -0.25) is 0 Å². The number of hydrogen-bond donors (Lipinski definition) is 0. The van der Waals surface area contributed by atoms with Crippen LogP contribution >= 0.6 is 0 Å². The lowest BCUT2D eigenvalue weighted by molar-refractivity contribution is 0.672. The summed E-state index contributed by atoms with van der Waals surface area (Å²) >= 11 is 0. The van der Waals surface area contributed by atoms with E-state index < -0.39 is 0 Å². The maximum absolute atomic E-state index is 6.74. The molecule has 0 fully saturated rings. The number of nitrogens with zero attached hydrogens (tertiary/aromatic N) is 4. The molecule has 5 nitrogen and oxygen atoms in total. The molecule has 0 aliphatic heterocycles. The van der Waals surface area contributed by atoms with Gasteiger partial charge >= 0.3 is 0 Å². The predicted molar refractivity (Wildman–Crippen MR) is 230 cm³/mol. The molecule has 0 amide bonds. The van der Waals surface area contributed by atoms with Crippen molar-refractivity contribution in [3.63, 3.8) is 0 Å². The van der Waals surface area contributed by atoms with Crippen molar-refractivity contribution in [3.8, 4) is 39.9 Å². The molecule has 0 bridgehead atoms. The molecule has 260 valence electrons. The van der Waals surface area contributed by atoms with E-state index >= 15 is 0 Å². The minimum absolute atomic E-state index is 0.608. The summed E-state index contributed by atoms with van der Waals surface area (Å²) in [7, 11) is 0. The Bertz CT molecular complexity index is 3380. The van der Waals surface area contributed by atoms with E-state index in [-0.39, 0.29) is 0 Å². The van der Waals surface area contributed by atoms with Gasteiger partial charge in [-0.25, -0.2) is 15.0 Å². The third-order valence-corrected chi connectivity index (χ3v) is 11.2. The Morgan fingerprint density at radius 3 is 1.39 bits per heavy atom. The summed E-state index contributed by atoms with van der Waals surface area (Å²) in [5.41, 5.74) is 7.87. The van der Waals surface area contributed by atoms with Gasteiger partial charge < -0.3 is 8.98 Å². The molecule has 0 saturated carbocycles. The van der Waals surface area contributed by atoms with E-state index in [1.165, 1.54) is 43.4 Å². The van der Waals surface area contributed by atoms with Crippen LogP contribution in [0.2, 0.25) is 0 Å². The van der Waals surface area contributed by atoms with Crippen molar-refractivity contribution in [1.29, 1.82) is 0 Å². The average Bonchev–Trinajstić information content (AvgIpc) is 3.79. The Balaban J connectivity index is 1.14. The van der Waals surface area contributed by atoms with Gasteiger partial charge in [-0.05, 0) is 70.1 Å². The number of rotatable bonds is 4. The molecule has 12 rings (SSSR count). The van der Waals surface area contributed by atoms with Crippen LogP contribution in [-0.4, -0.2) is 19.5 Å². The van der Waals surface area contributed by atoms with Crippen LogP contribution in [0, 0.1) is 0 Å². The molecule has 0 aliphatic carbocycles. The largest absolute Gasteiger partial charge is 0.455 e. The summed E-state index contributed by atoms with van der Waals surface area (Å²) in [4.78, 5) is 15.0. The maximum atomic E-state index is 6.74. The second-order valence-corrected chi connectivity index (χ2v) is 14.4. The molecule has 0 spiro atoms. The van der Waals surface area contributed by atoms with E-state index in [1.807, 2.05) is 66.7 Å². The van der Waals surface area contributed by atoms with E-state index in [9.17, 15) is 0 Å². The zero-order chi connectivity index (χ0) is 36.7. The fraction of sp³-hybridized carbons (Fsp3) is 0. The van der Waals surface area contributed by atoms with Crippen LogP contribution in [-0.2, 0) is 0 Å². The third-order valence-electron chi connectivity index (χ3n) is 11.2. The zero-order valence-corrected chi connectivity index (χ0v) is 30.0. The molecule has 5 heteroatoms. The smallest absolute Gasteiger partial charge is 0.164 e. The average molecular weight is 715 g/mol. The quantitative estimate of drug-likeness (QED) is 0.182. The lowest BCUT2D eigenvalue weighted by Crippen LogP contribution is -2.00. The van der Waals surface area contributed by atoms with Gasteiger partial charge in [0.2, 0.25) is 0 Å². The van der Waals surface area contributed by atoms with Crippen molar-refractivity contribution >= 4 is 76.1 Å². The van der Waals surface area contributed by atoms with Gasteiger partial charge in [0, 0.05) is 49.0 Å². The first-order chi connectivity index (χ1) is 27.7. The van der Waals surface area contributed by atoms with Crippen molar-refractivity contribution in [3.05, 3.63) is 182 Å². The van der Waals surface area contributed by atoms with E-state index in [1.54, 1.807) is 0 Å². The Kier molecular flexibility index (Phi) is 6.56. The van der Waals surface area contributed by atoms with Crippen LogP contribution in [0.3, 0.4) is 0 Å². The van der Waals surface area contributed by atoms with Crippen LogP contribution in [0.25, 0.3) is 116 Å². The van der Waals surface area contributed by atoms with Gasteiger partial charge in [0.15, 0.2) is 17.5 Å². The summed E-state index contributed by atoms with van der Waals surface area (Å²) in [6.45, 7) is 0. The van der Waals surface area contributed by atoms with Crippen molar-refractivity contribution in [2.45, 2.75) is 0 Å². The highest BCUT2D eigenvalue weighted by Gasteiger charge is 2.21. The number of fused-ring (bicyclic) bond motifs is 10. The highest BCUT2D eigenvalue weighted by molar-refractivity contribution is 6.21. The summed E-state index contributed by atoms with van der Waals surface area (Å²) < 4.78 is 9.20. The molecule has 0 aliphatic rings. The van der Waals surface area contributed by atoms with Crippen LogP contribution < -0.4 is 0 Å². The molecule has 0 unspecified atom stereocenters. The number of benzene rings is 9. The summed E-state index contributed by atoms with van der Waals surface area (Å²) in [5, 5.41) is 11.5. The van der Waals surface area contributed by atoms with Gasteiger partial charge in [0.1, 0.15) is 11.2 Å². The molecule has 3 heterocycles. The van der Waals surface area contributed by atoms with E-state index in [0.717, 1.165) is 55.1 Å². The molecule has 3 aromatic heterocycles. The van der Waals surface area contributed by atoms with Crippen molar-refractivity contribution in [1.82, 2.24) is 19.5 Å². The molecule has 0 radical (unpaired) electrons. The van der Waals surface area contributed by atoms with Crippen LogP contribution in [0.1, 0.15) is 0 Å². The zero-order valence-electron chi connectivity index (χ0n) is 30.0. The first-order valence-corrected chi connectivity index (χ1v) is 18.8. The second-order valence-electron chi connectivity index (χ2n) is 14.4. The minimum atomic E-state index is 0.608. The molecule has 0 saturated heterocycles. The van der Waals surface area contributed by atoms with Crippen molar-refractivity contribution in [2.24, 2.45) is 0 Å². The first-order valence-electron chi connectivity index (χ1n) is 18.8. The number of furan rings is 1. The van der Waals surface area contributed by atoms with Gasteiger partial charge in [-0.1, -0.05) is 133 Å². The molecular formula is C51H30N4O. The van der Waals surface area contributed by atoms with Crippen LogP contribution in [0.15, 0.2) is 186 Å². The number of aromatic nitrogens is 4. The van der Waals surface area contributed by atoms with Crippen molar-refractivity contribution in [2.75, 3.05) is 0 Å². The number of hydrogen-bond acceptors (Lipinski definition) is 4. The van der Waals surface area contributed by atoms with Gasteiger partial charge in [-0.2, -0.15) is 0 Å². The normalized spacial score (nSPS) is 11.9. The topological polar surface area (TPSA) is 56.7 Å². The molecule has 12 aromatic rings. The monoisotopic (exact) mass is 714 g/mol. The Morgan fingerprint density at radius 1 is 0.339 bits per heavy atom. The highest BCUT2D eigenvalue weighted by Crippen LogP contribution is 2.43. The minimum Gasteiger partial charge on any atom is -0.455 e. The Hall–Kier alpha value is -7.63. The van der Waals surface area contributed by atoms with E-state index in [4.69, 9.17) is 19.4 Å². The SMILES string of the molecule is c1ccc(-c2nc(-c3ccccc3)nc(-c3ccc4oc5c6ccccc6c(-n6c7cc8ccccc8cc7c7cc8ccccc8cc76)cc5c4c3)n2)cc1. The van der Waals surface area contributed by atoms with Gasteiger partial charge in [-0.15, -0.1) is 0 Å². The third kappa shape index (κ3) is 4.71. The Morgan fingerprint density at radius 2 is 0.821 bits per heavy atom. The summed E-state index contributed by atoms with van der Waals surface area (Å²) in [5.74, 6) is 1.87. The predicted octanol–water partition coefficient (Wildman–Crippen LogP) is 13.3. The highest BCUT2D eigenvalue weighted by atomic mass is 16.3. The molecule has 56 heavy (non-hydrogen) atoms. The van der Waals surface area contributed by atoms with Crippen molar-refractivity contribution < 1.29 is 4.42 Å². The first kappa shape index (κ1) is 30.8. The molecule has 0 atom stereocenters. The fourth-order valence-corrected chi connectivity index (χ4v) is 8.49. The second kappa shape index (κ2) is 11.9. The molecule has 0 N–H and O–H groups in total. The Labute approximate surface area is 320 Å². The van der Waals surface area contributed by atoms with Gasteiger partial charge in [0.05, 0.1) is 16.7 Å². The molecule has 9 aromatic carbocycles. The lowest BCUT2D eigenvalue weighted by atomic mass is 10.0. The van der Waals surface area contributed by atoms with E-state index in [0.29, 0.717) is 17.5 Å². The maximum Gasteiger partial charge on any atom is 0.164 e. The van der Waals surface area contributed by atoms with Crippen LogP contribution in [0.5, 0.6) is 0 Å². The summed E-state index contributed by atoms with van der Waals surface area (Å²) in [6, 6.07) is 64.0. The van der Waals surface area contributed by atoms with E-state index in [2.05, 4.69) is 120 Å². The van der Waals surface area contributed by atoms with Gasteiger partial charge in [0.25, 0.3) is 0 Å². The fourth-order valence-electron chi connectivity index (χ4n) is 8.49. The molecular weight excluding hydrogens is 685 g/mol. The standard InChI is InChI=1S/C51H30N4O/c1-3-13-31(14-4-1)49-52-50(32-15-5-2-6-16-32)54-51(53-49)37-23-24-47-42(27-37)43-30-46(38-21-11-12-22-39(38)48(43)56-47)55-44-28-35-19-9-7-17-33(35)25-40(44)41-26-34-18-8-10-20-36(34)29-45(41)55/h1-30H.